The van der Waals surface area contributed by atoms with Crippen molar-refractivity contribution in [2.45, 2.75) is 11.5 Å². The maximum atomic E-state index is 12.4. The predicted molar refractivity (Wildman–Crippen MR) is 119 cm³/mol. The molecule has 0 heterocycles. The minimum atomic E-state index is -3.73. The molecule has 7 nitrogen and oxygen atoms in total. The molecule has 0 aliphatic heterocycles. The lowest BCUT2D eigenvalue weighted by molar-refractivity contribution is -0.121. The van der Waals surface area contributed by atoms with Crippen LogP contribution in [0.1, 0.15) is 11.1 Å². The number of likely N-dealkylation sites (N-methyl/N-ethyl adjacent to an activating group) is 1. The van der Waals surface area contributed by atoms with Crippen LogP contribution in [-0.4, -0.2) is 38.4 Å². The summed E-state index contributed by atoms with van der Waals surface area (Å²) < 4.78 is 31.6. The van der Waals surface area contributed by atoms with E-state index in [9.17, 15) is 13.2 Å². The van der Waals surface area contributed by atoms with Crippen LogP contribution in [-0.2, 0) is 21.4 Å². The van der Waals surface area contributed by atoms with Crippen molar-refractivity contribution in [1.29, 1.82) is 0 Å². The lowest BCUT2D eigenvalue weighted by atomic mass is 10.2. The normalized spacial score (nSPS) is 11.5. The van der Waals surface area contributed by atoms with Crippen molar-refractivity contribution < 1.29 is 17.9 Å². The predicted octanol–water partition coefficient (Wildman–Crippen LogP) is 3.04. The minimum absolute atomic E-state index is 0.128. The number of ether oxygens (including phenoxy) is 1. The average molecular weight is 438 g/mol. The molecule has 0 saturated carbocycles. The fourth-order valence-electron chi connectivity index (χ4n) is 2.66. The molecule has 0 spiro atoms. The minimum Gasteiger partial charge on any atom is -0.489 e. The average Bonchev–Trinajstić information content (AvgIpc) is 2.80. The van der Waals surface area contributed by atoms with Crippen molar-refractivity contribution >= 4 is 22.1 Å². The molecule has 0 aliphatic rings. The number of carbonyl (C=O) groups excluding carboxylic acids is 1. The van der Waals surface area contributed by atoms with Crippen molar-refractivity contribution in [2.24, 2.45) is 5.10 Å². The highest BCUT2D eigenvalue weighted by molar-refractivity contribution is 7.89. The van der Waals surface area contributed by atoms with E-state index < -0.39 is 15.9 Å². The topological polar surface area (TPSA) is 88.1 Å². The lowest BCUT2D eigenvalue weighted by Crippen LogP contribution is -2.36. The molecule has 0 fully saturated rings. The van der Waals surface area contributed by atoms with Gasteiger partial charge in [0.1, 0.15) is 12.4 Å². The van der Waals surface area contributed by atoms with Gasteiger partial charge in [0.15, 0.2) is 0 Å². The molecular weight excluding hydrogens is 414 g/mol. The summed E-state index contributed by atoms with van der Waals surface area (Å²) in [5.74, 6) is 0.179. The Morgan fingerprint density at radius 2 is 1.58 bits per heavy atom. The fraction of sp³-hybridized carbons (Fsp3) is 0.130. The van der Waals surface area contributed by atoms with Gasteiger partial charge in [-0.05, 0) is 47.5 Å². The van der Waals surface area contributed by atoms with Gasteiger partial charge in [-0.15, -0.1) is 0 Å². The first-order valence-electron chi connectivity index (χ1n) is 9.55. The third kappa shape index (κ3) is 6.50. The molecule has 160 valence electrons. The zero-order valence-corrected chi connectivity index (χ0v) is 17.8. The van der Waals surface area contributed by atoms with Crippen LogP contribution in [0.15, 0.2) is 94.9 Å². The highest BCUT2D eigenvalue weighted by Gasteiger charge is 2.22. The van der Waals surface area contributed by atoms with E-state index in [0.717, 1.165) is 21.2 Å². The lowest BCUT2D eigenvalue weighted by Gasteiger charge is -2.15. The second-order valence-electron chi connectivity index (χ2n) is 6.71. The van der Waals surface area contributed by atoms with Crippen molar-refractivity contribution in [1.82, 2.24) is 9.73 Å². The molecule has 3 aromatic rings. The number of hydrogen-bond donors (Lipinski definition) is 1. The molecule has 3 aromatic carbocycles. The van der Waals surface area contributed by atoms with Crippen molar-refractivity contribution in [3.05, 3.63) is 96.1 Å². The fourth-order valence-corrected chi connectivity index (χ4v) is 3.81. The summed E-state index contributed by atoms with van der Waals surface area (Å²) in [6, 6.07) is 25.0. The summed E-state index contributed by atoms with van der Waals surface area (Å²) in [7, 11) is -2.39. The van der Waals surface area contributed by atoms with Gasteiger partial charge < -0.3 is 4.74 Å². The zero-order chi connectivity index (χ0) is 22.1. The van der Waals surface area contributed by atoms with Gasteiger partial charge in [0.2, 0.25) is 10.0 Å². The first-order valence-corrected chi connectivity index (χ1v) is 11.0. The SMILES string of the molecule is CN(CC(=O)N/N=C\c1ccc(OCc2ccccc2)cc1)S(=O)(=O)c1ccccc1. The Bertz CT molecular complexity index is 1120. The molecule has 0 bridgehead atoms. The van der Waals surface area contributed by atoms with E-state index in [0.29, 0.717) is 6.61 Å². The van der Waals surface area contributed by atoms with Crippen molar-refractivity contribution in [3.63, 3.8) is 0 Å². The van der Waals surface area contributed by atoms with E-state index in [1.807, 2.05) is 54.6 Å². The molecule has 31 heavy (non-hydrogen) atoms. The summed E-state index contributed by atoms with van der Waals surface area (Å²) in [5, 5.41) is 3.89. The maximum absolute atomic E-state index is 12.4. The smallest absolute Gasteiger partial charge is 0.255 e. The van der Waals surface area contributed by atoms with Gasteiger partial charge in [-0.1, -0.05) is 48.5 Å². The number of hydrogen-bond acceptors (Lipinski definition) is 5. The Balaban J connectivity index is 1.48. The molecule has 0 unspecified atom stereocenters. The summed E-state index contributed by atoms with van der Waals surface area (Å²) >= 11 is 0. The first-order chi connectivity index (χ1) is 14.9. The van der Waals surface area contributed by atoms with Crippen LogP contribution in [0.25, 0.3) is 0 Å². The molecule has 0 saturated heterocycles. The second-order valence-corrected chi connectivity index (χ2v) is 8.76. The number of nitrogens with zero attached hydrogens (tertiary/aromatic N) is 2. The van der Waals surface area contributed by atoms with Crippen LogP contribution in [0.5, 0.6) is 5.75 Å². The highest BCUT2D eigenvalue weighted by Crippen LogP contribution is 2.14. The molecule has 0 aliphatic carbocycles. The summed E-state index contributed by atoms with van der Waals surface area (Å²) in [5.41, 5.74) is 4.18. The summed E-state index contributed by atoms with van der Waals surface area (Å²) in [6.45, 7) is 0.130. The molecule has 0 aromatic heterocycles. The van der Waals surface area contributed by atoms with Crippen LogP contribution in [0, 0.1) is 0 Å². The van der Waals surface area contributed by atoms with E-state index in [1.165, 1.54) is 25.4 Å². The Labute approximate surface area is 182 Å². The van der Waals surface area contributed by atoms with Crippen molar-refractivity contribution in [2.75, 3.05) is 13.6 Å². The van der Waals surface area contributed by atoms with Gasteiger partial charge in [0.25, 0.3) is 5.91 Å². The van der Waals surface area contributed by atoms with Crippen molar-refractivity contribution in [3.8, 4) is 5.75 Å². The van der Waals surface area contributed by atoms with Gasteiger partial charge in [-0.2, -0.15) is 9.41 Å². The number of sulfonamides is 1. The van der Waals surface area contributed by atoms with E-state index in [-0.39, 0.29) is 11.4 Å². The van der Waals surface area contributed by atoms with Crippen LogP contribution in [0.2, 0.25) is 0 Å². The molecule has 1 N–H and O–H groups in total. The van der Waals surface area contributed by atoms with Crippen LogP contribution < -0.4 is 10.2 Å². The van der Waals surface area contributed by atoms with Gasteiger partial charge in [-0.3, -0.25) is 4.79 Å². The van der Waals surface area contributed by atoms with E-state index in [4.69, 9.17) is 4.74 Å². The third-order valence-corrected chi connectivity index (χ3v) is 6.17. The molecule has 0 atom stereocenters. The number of benzene rings is 3. The van der Waals surface area contributed by atoms with Crippen LogP contribution >= 0.6 is 0 Å². The molecule has 8 heteroatoms. The van der Waals surface area contributed by atoms with Gasteiger partial charge in [0, 0.05) is 7.05 Å². The number of carbonyl (C=O) groups is 1. The molecule has 0 radical (unpaired) electrons. The van der Waals surface area contributed by atoms with Gasteiger partial charge in [0.05, 0.1) is 17.7 Å². The van der Waals surface area contributed by atoms with Gasteiger partial charge >= 0.3 is 0 Å². The van der Waals surface area contributed by atoms with E-state index >= 15 is 0 Å². The molecular formula is C23H23N3O4S. The maximum Gasteiger partial charge on any atom is 0.255 e. The number of amides is 1. The second kappa shape index (κ2) is 10.5. The number of hydrazone groups is 1. The summed E-state index contributed by atoms with van der Waals surface area (Å²) in [6.07, 6.45) is 1.48. The Hall–Kier alpha value is -3.49. The quantitative estimate of drug-likeness (QED) is 0.412. The van der Waals surface area contributed by atoms with Crippen LogP contribution in [0.3, 0.4) is 0 Å². The van der Waals surface area contributed by atoms with Crippen LogP contribution in [0.4, 0.5) is 0 Å². The molecule has 1 amide bonds. The largest absolute Gasteiger partial charge is 0.489 e. The number of rotatable bonds is 9. The summed E-state index contributed by atoms with van der Waals surface area (Å²) in [4.78, 5) is 12.2. The monoisotopic (exact) mass is 437 g/mol. The first kappa shape index (κ1) is 22.2. The molecule has 3 rings (SSSR count). The third-order valence-electron chi connectivity index (χ3n) is 4.35. The van der Waals surface area contributed by atoms with Gasteiger partial charge in [-0.25, -0.2) is 13.8 Å². The Morgan fingerprint density at radius 3 is 2.23 bits per heavy atom. The highest BCUT2D eigenvalue weighted by atomic mass is 32.2. The standard InChI is InChI=1S/C23H23N3O4S/c1-26(31(28,29)22-10-6-3-7-11-22)17-23(27)25-24-16-19-12-14-21(15-13-19)30-18-20-8-4-2-5-9-20/h2-16H,17-18H2,1H3,(H,25,27)/b24-16-. The number of nitrogens with one attached hydrogen (secondary N) is 1. The van der Waals surface area contributed by atoms with E-state index in [2.05, 4.69) is 10.5 Å². The Morgan fingerprint density at radius 1 is 0.968 bits per heavy atom. The Kier molecular flexibility index (Phi) is 7.53. The van der Waals surface area contributed by atoms with E-state index in [1.54, 1.807) is 18.2 Å². The zero-order valence-electron chi connectivity index (χ0n) is 17.0.